The molecule has 3 heterocycles. The number of aliphatic hydroxyl groups is 1. The lowest BCUT2D eigenvalue weighted by Crippen LogP contribution is -2.62. The zero-order chi connectivity index (χ0) is 29.5. The number of fused-ring (bicyclic) bond motifs is 4. The van der Waals surface area contributed by atoms with Crippen LogP contribution in [0.3, 0.4) is 0 Å². The molecule has 4 N–H and O–H groups in total. The minimum atomic E-state index is -1.92. The second-order valence-corrected chi connectivity index (χ2v) is 12.6. The standard InChI is InChI=1S/C31H36FN7O3/c1-29(42,19-35-31-11-8-30(9-12-31,10-13-31)28(41)37-22-4-5-22)26(32)25(38-27(40)21-3-2-14-34-18-21)24-7-6-23-15-20(16-33)17-36-39(23)24/h2-3,6-7,14-15,17-18,22,25-26,35,42H,4-5,8-13,19H2,1H3,(H,37,41)(H,38,40)/t25-,26-,29-,30?,31?/m1/s1. The molecule has 4 fully saturated rings. The molecule has 0 aromatic carbocycles. The smallest absolute Gasteiger partial charge is 0.253 e. The van der Waals surface area contributed by atoms with Gasteiger partial charge in [0, 0.05) is 35.9 Å². The van der Waals surface area contributed by atoms with E-state index in [1.165, 1.54) is 23.8 Å². The number of pyridine rings is 1. The molecule has 11 heteroatoms. The van der Waals surface area contributed by atoms with Gasteiger partial charge in [-0.05, 0) is 88.6 Å². The lowest BCUT2D eigenvalue weighted by molar-refractivity contribution is -0.139. The maximum atomic E-state index is 16.6. The van der Waals surface area contributed by atoms with Crippen molar-refractivity contribution in [1.82, 2.24) is 30.5 Å². The molecule has 2 bridgehead atoms. The van der Waals surface area contributed by atoms with E-state index < -0.39 is 23.7 Å². The third-order valence-corrected chi connectivity index (χ3v) is 9.54. The number of rotatable bonds is 10. The van der Waals surface area contributed by atoms with Gasteiger partial charge in [-0.2, -0.15) is 10.4 Å². The summed E-state index contributed by atoms with van der Waals surface area (Å²) in [6.07, 6.45) is 9.19. The van der Waals surface area contributed by atoms with E-state index in [-0.39, 0.29) is 29.0 Å². The molecule has 0 aliphatic heterocycles. The Morgan fingerprint density at radius 1 is 1.19 bits per heavy atom. The summed E-state index contributed by atoms with van der Waals surface area (Å²) in [7, 11) is 0. The van der Waals surface area contributed by atoms with E-state index >= 15 is 4.39 Å². The van der Waals surface area contributed by atoms with Gasteiger partial charge in [0.25, 0.3) is 5.91 Å². The van der Waals surface area contributed by atoms with Crippen molar-refractivity contribution in [3.8, 4) is 6.07 Å². The summed E-state index contributed by atoms with van der Waals surface area (Å²) in [5, 5.41) is 34.5. The van der Waals surface area contributed by atoms with Gasteiger partial charge in [0.05, 0.1) is 28.5 Å². The molecular formula is C31H36FN7O3. The molecule has 4 aliphatic carbocycles. The van der Waals surface area contributed by atoms with Crippen LogP contribution in [0.15, 0.2) is 48.9 Å². The second-order valence-electron chi connectivity index (χ2n) is 12.6. The number of β-amino-alcohol motifs (C(OH)–C–C–N with tert-alkyl or cyclic N) is 1. The Balaban J connectivity index is 1.20. The molecule has 3 aromatic heterocycles. The number of carbonyl (C=O) groups excluding carboxylic acids is 2. The summed E-state index contributed by atoms with van der Waals surface area (Å²) >= 11 is 0. The SMILES string of the molecule is C[C@@](O)(CNC12CCC(C(=O)NC3CC3)(CC1)CC2)[C@H](F)[C@H](NC(=O)c1cccnc1)c1ccc2cc(C#N)cnn12. The van der Waals surface area contributed by atoms with Crippen molar-refractivity contribution >= 4 is 17.3 Å². The maximum Gasteiger partial charge on any atom is 0.253 e. The summed E-state index contributed by atoms with van der Waals surface area (Å²) in [6, 6.07) is 9.28. The molecule has 0 saturated heterocycles. The molecule has 0 radical (unpaired) electrons. The molecule has 7 rings (SSSR count). The van der Waals surface area contributed by atoms with Crippen LogP contribution >= 0.6 is 0 Å². The zero-order valence-electron chi connectivity index (χ0n) is 23.6. The van der Waals surface area contributed by atoms with Crippen LogP contribution < -0.4 is 16.0 Å². The second kappa shape index (κ2) is 10.7. The van der Waals surface area contributed by atoms with E-state index in [0.29, 0.717) is 22.8 Å². The van der Waals surface area contributed by atoms with E-state index in [1.807, 2.05) is 6.07 Å². The average molecular weight is 574 g/mol. The molecular weight excluding hydrogens is 537 g/mol. The fourth-order valence-corrected chi connectivity index (χ4v) is 6.52. The Morgan fingerprint density at radius 2 is 1.93 bits per heavy atom. The van der Waals surface area contributed by atoms with Crippen LogP contribution in [0.1, 0.15) is 85.9 Å². The first kappa shape index (κ1) is 28.2. The zero-order valence-corrected chi connectivity index (χ0v) is 23.6. The van der Waals surface area contributed by atoms with Gasteiger partial charge in [0.15, 0.2) is 6.17 Å². The van der Waals surface area contributed by atoms with E-state index in [1.54, 1.807) is 36.5 Å². The molecule has 3 aromatic rings. The third kappa shape index (κ3) is 5.37. The van der Waals surface area contributed by atoms with Crippen LogP contribution in [-0.2, 0) is 4.79 Å². The predicted molar refractivity (Wildman–Crippen MR) is 152 cm³/mol. The highest BCUT2D eigenvalue weighted by molar-refractivity contribution is 5.94. The first-order valence-corrected chi connectivity index (χ1v) is 14.6. The number of aromatic nitrogens is 3. The van der Waals surface area contributed by atoms with Crippen molar-refractivity contribution < 1.29 is 19.1 Å². The number of amides is 2. The molecule has 0 unspecified atom stereocenters. The Morgan fingerprint density at radius 3 is 2.57 bits per heavy atom. The number of alkyl halides is 1. The van der Waals surface area contributed by atoms with Crippen LogP contribution in [-0.4, -0.2) is 61.4 Å². The van der Waals surface area contributed by atoms with Crippen molar-refractivity contribution in [2.75, 3.05) is 6.54 Å². The van der Waals surface area contributed by atoms with Gasteiger partial charge in [0.2, 0.25) is 5.91 Å². The summed E-state index contributed by atoms with van der Waals surface area (Å²) in [6.45, 7) is 1.39. The van der Waals surface area contributed by atoms with Gasteiger partial charge in [-0.3, -0.25) is 14.6 Å². The number of nitrogens with one attached hydrogen (secondary N) is 3. The van der Waals surface area contributed by atoms with Crippen LogP contribution in [0, 0.1) is 16.7 Å². The topological polar surface area (TPSA) is 144 Å². The number of hydrogen-bond acceptors (Lipinski definition) is 7. The van der Waals surface area contributed by atoms with Crippen molar-refractivity contribution in [3.05, 3.63) is 65.7 Å². The first-order valence-electron chi connectivity index (χ1n) is 14.6. The van der Waals surface area contributed by atoms with Gasteiger partial charge in [-0.1, -0.05) is 0 Å². The normalized spacial score (nSPS) is 26.1. The van der Waals surface area contributed by atoms with Gasteiger partial charge < -0.3 is 21.1 Å². The van der Waals surface area contributed by atoms with E-state index in [4.69, 9.17) is 0 Å². The number of hydrogen-bond donors (Lipinski definition) is 4. The lowest BCUT2D eigenvalue weighted by atomic mass is 9.56. The Kier molecular flexibility index (Phi) is 7.23. The van der Waals surface area contributed by atoms with Crippen molar-refractivity contribution in [2.45, 2.75) is 87.7 Å². The van der Waals surface area contributed by atoms with Gasteiger partial charge >= 0.3 is 0 Å². The Hall–Kier alpha value is -3.88. The summed E-state index contributed by atoms with van der Waals surface area (Å²) in [5.41, 5.74) is -0.945. The minimum absolute atomic E-state index is 0.0377. The highest BCUT2D eigenvalue weighted by Crippen LogP contribution is 2.53. The summed E-state index contributed by atoms with van der Waals surface area (Å²) in [5.74, 6) is -0.363. The molecule has 220 valence electrons. The highest BCUT2D eigenvalue weighted by Gasteiger charge is 2.53. The van der Waals surface area contributed by atoms with Crippen LogP contribution in [0.25, 0.3) is 5.52 Å². The van der Waals surface area contributed by atoms with Gasteiger partial charge in [0.1, 0.15) is 17.7 Å². The largest absolute Gasteiger partial charge is 0.386 e. The fourth-order valence-electron chi connectivity index (χ4n) is 6.52. The van der Waals surface area contributed by atoms with Gasteiger partial charge in [-0.25, -0.2) is 8.91 Å². The van der Waals surface area contributed by atoms with Crippen molar-refractivity contribution in [2.24, 2.45) is 5.41 Å². The van der Waals surface area contributed by atoms with Gasteiger partial charge in [-0.15, -0.1) is 0 Å². The van der Waals surface area contributed by atoms with Crippen molar-refractivity contribution in [1.29, 1.82) is 5.26 Å². The first-order chi connectivity index (χ1) is 20.1. The Labute approximate surface area is 243 Å². The summed E-state index contributed by atoms with van der Waals surface area (Å²) in [4.78, 5) is 30.1. The molecule has 2 amide bonds. The van der Waals surface area contributed by atoms with E-state index in [9.17, 15) is 20.0 Å². The predicted octanol–water partition coefficient (Wildman–Crippen LogP) is 3.12. The Bertz CT molecular complexity index is 1500. The minimum Gasteiger partial charge on any atom is -0.386 e. The number of nitriles is 1. The number of carbonyl (C=O) groups is 2. The van der Waals surface area contributed by atoms with Crippen molar-refractivity contribution in [3.63, 3.8) is 0 Å². The molecule has 42 heavy (non-hydrogen) atoms. The molecule has 4 saturated carbocycles. The lowest BCUT2D eigenvalue weighted by Gasteiger charge is -2.53. The molecule has 4 aliphatic rings. The number of nitrogens with zero attached hydrogens (tertiary/aromatic N) is 4. The highest BCUT2D eigenvalue weighted by atomic mass is 19.1. The third-order valence-electron chi connectivity index (χ3n) is 9.54. The summed E-state index contributed by atoms with van der Waals surface area (Å²) < 4.78 is 18.0. The maximum absolute atomic E-state index is 16.6. The average Bonchev–Trinajstić information content (AvgIpc) is 3.75. The van der Waals surface area contributed by atoms with E-state index in [2.05, 4.69) is 26.0 Å². The molecule has 0 spiro atoms. The molecule has 10 nitrogen and oxygen atoms in total. The van der Waals surface area contributed by atoms with Crippen LogP contribution in [0.5, 0.6) is 0 Å². The quantitative estimate of drug-likeness (QED) is 0.292. The monoisotopic (exact) mass is 573 g/mol. The fraction of sp³-hybridized carbons (Fsp3) is 0.516. The van der Waals surface area contributed by atoms with E-state index in [0.717, 1.165) is 51.4 Å². The number of halogens is 1. The van der Waals surface area contributed by atoms with Crippen LogP contribution in [0.4, 0.5) is 4.39 Å². The molecule has 3 atom stereocenters. The van der Waals surface area contributed by atoms with Crippen LogP contribution in [0.2, 0.25) is 0 Å².